The van der Waals surface area contributed by atoms with E-state index in [2.05, 4.69) is 34.2 Å². The van der Waals surface area contributed by atoms with Crippen molar-refractivity contribution in [1.29, 1.82) is 0 Å². The van der Waals surface area contributed by atoms with Crippen LogP contribution in [0, 0.1) is 19.8 Å². The van der Waals surface area contributed by atoms with Crippen molar-refractivity contribution in [3.63, 3.8) is 0 Å². The molecule has 2 aromatic heterocycles. The summed E-state index contributed by atoms with van der Waals surface area (Å²) in [7, 11) is 0. The molecule has 4 heterocycles. The van der Waals surface area contributed by atoms with Crippen molar-refractivity contribution in [3.8, 4) is 0 Å². The lowest BCUT2D eigenvalue weighted by molar-refractivity contribution is -0.0819. The molecule has 2 fully saturated rings. The van der Waals surface area contributed by atoms with Gasteiger partial charge in [-0.3, -0.25) is 4.90 Å². The fraction of sp³-hybridized carbons (Fsp3) is 0.647. The molecule has 0 bridgehead atoms. The first kappa shape index (κ1) is 15.3. The van der Waals surface area contributed by atoms with Gasteiger partial charge in [-0.15, -0.1) is 21.5 Å². The Kier molecular flexibility index (Phi) is 4.22. The summed E-state index contributed by atoms with van der Waals surface area (Å²) in [6.07, 6.45) is 2.41. The normalized spacial score (nSPS) is 28.7. The number of likely N-dealkylation sites (tertiary alicyclic amines) is 1. The van der Waals surface area contributed by atoms with Crippen molar-refractivity contribution in [1.82, 2.24) is 15.1 Å². The molecule has 0 aliphatic carbocycles. The van der Waals surface area contributed by atoms with E-state index in [9.17, 15) is 0 Å². The van der Waals surface area contributed by atoms with E-state index < -0.39 is 0 Å². The lowest BCUT2D eigenvalue weighted by Gasteiger charge is -2.44. The summed E-state index contributed by atoms with van der Waals surface area (Å²) in [5.74, 6) is 2.25. The van der Waals surface area contributed by atoms with Crippen molar-refractivity contribution in [2.24, 2.45) is 5.92 Å². The first-order valence-corrected chi connectivity index (χ1v) is 9.20. The molecule has 2 aliphatic rings. The number of thiophene rings is 1. The van der Waals surface area contributed by atoms with Gasteiger partial charge >= 0.3 is 0 Å². The quantitative estimate of drug-likeness (QED) is 0.864. The van der Waals surface area contributed by atoms with Gasteiger partial charge in [0.1, 0.15) is 0 Å². The molecule has 2 saturated heterocycles. The van der Waals surface area contributed by atoms with Crippen LogP contribution in [-0.4, -0.2) is 40.9 Å². The zero-order valence-corrected chi connectivity index (χ0v) is 14.5. The molecule has 6 heteroatoms. The highest BCUT2D eigenvalue weighted by molar-refractivity contribution is 7.11. The van der Waals surface area contributed by atoms with E-state index in [1.165, 1.54) is 9.75 Å². The molecule has 2 aromatic rings. The van der Waals surface area contributed by atoms with E-state index in [4.69, 9.17) is 9.15 Å². The average molecular weight is 333 g/mol. The topological polar surface area (TPSA) is 51.4 Å². The maximum absolute atomic E-state index is 6.03. The molecular formula is C17H23N3O2S. The van der Waals surface area contributed by atoms with Crippen LogP contribution >= 0.6 is 11.3 Å². The summed E-state index contributed by atoms with van der Waals surface area (Å²) >= 11 is 1.90. The number of piperidine rings is 1. The van der Waals surface area contributed by atoms with Crippen LogP contribution in [0.3, 0.4) is 0 Å². The van der Waals surface area contributed by atoms with Gasteiger partial charge in [-0.25, -0.2) is 0 Å². The van der Waals surface area contributed by atoms with Gasteiger partial charge in [0.25, 0.3) is 0 Å². The molecule has 0 radical (unpaired) electrons. The van der Waals surface area contributed by atoms with Crippen molar-refractivity contribution >= 4 is 11.3 Å². The van der Waals surface area contributed by atoms with Crippen LogP contribution < -0.4 is 0 Å². The zero-order chi connectivity index (χ0) is 15.8. The number of ether oxygens (including phenoxy) is 1. The largest absolute Gasteiger partial charge is 0.425 e. The Balaban J connectivity index is 1.49. The van der Waals surface area contributed by atoms with Gasteiger partial charge in [0.2, 0.25) is 11.8 Å². The SMILES string of the molecule is Cc1nnc([C@@H]2CCO[C@@H]3CCN(Cc4ccc(C)s4)C[C@@H]32)o1. The Bertz CT molecular complexity index is 668. The summed E-state index contributed by atoms with van der Waals surface area (Å²) in [6, 6.07) is 4.46. The van der Waals surface area contributed by atoms with E-state index in [0.29, 0.717) is 23.8 Å². The first-order chi connectivity index (χ1) is 11.2. The van der Waals surface area contributed by atoms with Crippen molar-refractivity contribution in [3.05, 3.63) is 33.7 Å². The fourth-order valence-corrected chi connectivity index (χ4v) is 4.82. The van der Waals surface area contributed by atoms with Crippen molar-refractivity contribution in [2.75, 3.05) is 19.7 Å². The highest BCUT2D eigenvalue weighted by Gasteiger charge is 2.41. The van der Waals surface area contributed by atoms with E-state index in [0.717, 1.165) is 45.0 Å². The number of hydrogen-bond acceptors (Lipinski definition) is 6. The van der Waals surface area contributed by atoms with Gasteiger partial charge in [-0.2, -0.15) is 0 Å². The standard InChI is InChI=1S/C17H23N3O2S/c1-11-3-4-13(23-11)9-20-7-5-16-15(10-20)14(6-8-21-16)17-19-18-12(2)22-17/h3-4,14-16H,5-10H2,1-2H3/t14-,15-,16-/m1/s1. The highest BCUT2D eigenvalue weighted by atomic mass is 32.1. The van der Waals surface area contributed by atoms with Crippen LogP contribution in [0.2, 0.25) is 0 Å². The average Bonchev–Trinajstić information content (AvgIpc) is 3.15. The molecule has 0 N–H and O–H groups in total. The lowest BCUT2D eigenvalue weighted by Crippen LogP contribution is -2.48. The van der Waals surface area contributed by atoms with E-state index in [-0.39, 0.29) is 0 Å². The Morgan fingerprint density at radius 3 is 2.91 bits per heavy atom. The zero-order valence-electron chi connectivity index (χ0n) is 13.7. The summed E-state index contributed by atoms with van der Waals surface area (Å²) in [6.45, 7) is 8.03. The van der Waals surface area contributed by atoms with Gasteiger partial charge < -0.3 is 9.15 Å². The van der Waals surface area contributed by atoms with Crippen LogP contribution in [0.15, 0.2) is 16.5 Å². The van der Waals surface area contributed by atoms with Crippen molar-refractivity contribution < 1.29 is 9.15 Å². The number of aromatic nitrogens is 2. The smallest absolute Gasteiger partial charge is 0.220 e. The fourth-order valence-electron chi connectivity index (χ4n) is 3.89. The molecule has 0 saturated carbocycles. The molecule has 0 unspecified atom stereocenters. The van der Waals surface area contributed by atoms with Gasteiger partial charge in [0.15, 0.2) is 0 Å². The molecule has 124 valence electrons. The Morgan fingerprint density at radius 1 is 1.26 bits per heavy atom. The third-order valence-electron chi connectivity index (χ3n) is 4.99. The van der Waals surface area contributed by atoms with Gasteiger partial charge in [0, 0.05) is 54.8 Å². The van der Waals surface area contributed by atoms with Crippen molar-refractivity contribution in [2.45, 2.75) is 45.3 Å². The van der Waals surface area contributed by atoms with Crippen LogP contribution in [0.4, 0.5) is 0 Å². The van der Waals surface area contributed by atoms with Crippen LogP contribution in [0.1, 0.15) is 40.3 Å². The Hall–Kier alpha value is -1.24. The minimum atomic E-state index is 0.335. The van der Waals surface area contributed by atoms with Gasteiger partial charge in [-0.1, -0.05) is 0 Å². The van der Waals surface area contributed by atoms with Gasteiger partial charge in [0.05, 0.1) is 6.10 Å². The number of fused-ring (bicyclic) bond motifs is 1. The maximum atomic E-state index is 6.03. The molecule has 2 aliphatic heterocycles. The third kappa shape index (κ3) is 3.20. The number of aryl methyl sites for hydroxylation is 2. The number of nitrogens with zero attached hydrogens (tertiary/aromatic N) is 3. The second kappa shape index (κ2) is 6.34. The second-order valence-corrected chi connectivity index (χ2v) is 8.04. The molecule has 0 spiro atoms. The molecule has 4 rings (SSSR count). The lowest BCUT2D eigenvalue weighted by atomic mass is 9.79. The molecule has 23 heavy (non-hydrogen) atoms. The minimum Gasteiger partial charge on any atom is -0.425 e. The molecular weight excluding hydrogens is 310 g/mol. The third-order valence-corrected chi connectivity index (χ3v) is 5.97. The van der Waals surface area contributed by atoms with E-state index in [1.54, 1.807) is 0 Å². The highest BCUT2D eigenvalue weighted by Crippen LogP contribution is 2.39. The predicted molar refractivity (Wildman–Crippen MR) is 88.6 cm³/mol. The summed E-state index contributed by atoms with van der Waals surface area (Å²) < 4.78 is 11.8. The monoisotopic (exact) mass is 333 g/mol. The first-order valence-electron chi connectivity index (χ1n) is 8.38. The predicted octanol–water partition coefficient (Wildman–Crippen LogP) is 3.14. The number of hydrogen-bond donors (Lipinski definition) is 0. The maximum Gasteiger partial charge on any atom is 0.220 e. The van der Waals surface area contributed by atoms with Crippen LogP contribution in [0.5, 0.6) is 0 Å². The molecule has 5 nitrogen and oxygen atoms in total. The minimum absolute atomic E-state index is 0.335. The second-order valence-electron chi connectivity index (χ2n) is 6.66. The van der Waals surface area contributed by atoms with E-state index >= 15 is 0 Å². The van der Waals surface area contributed by atoms with Gasteiger partial charge in [-0.05, 0) is 31.9 Å². The summed E-state index contributed by atoms with van der Waals surface area (Å²) in [5, 5.41) is 8.30. The van der Waals surface area contributed by atoms with Crippen LogP contribution in [-0.2, 0) is 11.3 Å². The Labute approximate surface area is 140 Å². The Morgan fingerprint density at radius 2 is 2.17 bits per heavy atom. The van der Waals surface area contributed by atoms with E-state index in [1.807, 2.05) is 18.3 Å². The molecule has 0 amide bonds. The molecule has 0 aromatic carbocycles. The molecule has 3 atom stereocenters. The number of rotatable bonds is 3. The summed E-state index contributed by atoms with van der Waals surface area (Å²) in [4.78, 5) is 5.38. The van der Waals surface area contributed by atoms with Crippen LogP contribution in [0.25, 0.3) is 0 Å². The summed E-state index contributed by atoms with van der Waals surface area (Å²) in [5.41, 5.74) is 0.